The number of hydrogen-bond donors (Lipinski definition) is 3. The molecule has 0 spiro atoms. The molecule has 0 aliphatic carbocycles. The molecule has 0 aromatic heterocycles. The fraction of sp³-hybridized carbons (Fsp3) is 0.891. The van der Waals surface area contributed by atoms with Crippen molar-refractivity contribution in [3.8, 4) is 0 Å². The molecule has 0 fully saturated rings. The zero-order valence-corrected chi connectivity index (χ0v) is 41.1. The summed E-state index contributed by atoms with van der Waals surface area (Å²) in [5, 5.41) is 23.7. The van der Waals surface area contributed by atoms with Gasteiger partial charge in [0.15, 0.2) is 0 Å². The molecule has 0 aliphatic rings. The predicted octanol–water partition coefficient (Wildman–Crippen LogP) is 16.3. The van der Waals surface area contributed by atoms with Gasteiger partial charge in [0.1, 0.15) is 6.10 Å². The van der Waals surface area contributed by atoms with Crippen LogP contribution in [0.5, 0.6) is 0 Å². The maximum absolute atomic E-state index is 13.2. The first-order valence-electron chi connectivity index (χ1n) is 27.1. The van der Waals surface area contributed by atoms with E-state index in [1.54, 1.807) is 0 Å². The molecule has 6 nitrogen and oxygen atoms in total. The minimum Gasteiger partial charge on any atom is -0.462 e. The van der Waals surface area contributed by atoms with E-state index in [9.17, 15) is 19.8 Å². The van der Waals surface area contributed by atoms with Crippen LogP contribution in [-0.2, 0) is 14.3 Å². The number of ether oxygens (including phenoxy) is 1. The molecule has 3 unspecified atom stereocenters. The lowest BCUT2D eigenvalue weighted by molar-refractivity contribution is -0.151. The molecule has 0 aliphatic heterocycles. The van der Waals surface area contributed by atoms with E-state index in [0.717, 1.165) is 70.6 Å². The summed E-state index contributed by atoms with van der Waals surface area (Å²) < 4.78 is 5.94. The average molecular weight is 860 g/mol. The van der Waals surface area contributed by atoms with Gasteiger partial charge in [0.25, 0.3) is 0 Å². The van der Waals surface area contributed by atoms with Gasteiger partial charge in [0.05, 0.1) is 25.2 Å². The van der Waals surface area contributed by atoms with Crippen molar-refractivity contribution in [2.45, 2.75) is 309 Å². The van der Waals surface area contributed by atoms with Gasteiger partial charge in [0.2, 0.25) is 5.91 Å². The molecule has 0 heterocycles. The maximum Gasteiger partial charge on any atom is 0.306 e. The fourth-order valence-electron chi connectivity index (χ4n) is 8.40. The molecule has 3 N–H and O–H groups in total. The van der Waals surface area contributed by atoms with Gasteiger partial charge in [-0.15, -0.1) is 0 Å². The van der Waals surface area contributed by atoms with Crippen molar-refractivity contribution in [1.29, 1.82) is 0 Å². The van der Waals surface area contributed by atoms with Crippen LogP contribution >= 0.6 is 0 Å². The van der Waals surface area contributed by atoms with E-state index in [1.807, 2.05) is 0 Å². The minimum absolute atomic E-state index is 0.0735. The second kappa shape index (κ2) is 49.4. The van der Waals surface area contributed by atoms with Crippen molar-refractivity contribution in [3.05, 3.63) is 24.3 Å². The lowest BCUT2D eigenvalue weighted by Gasteiger charge is -2.24. The summed E-state index contributed by atoms with van der Waals surface area (Å²) in [5.41, 5.74) is 0. The van der Waals surface area contributed by atoms with Gasteiger partial charge in [-0.05, 0) is 57.8 Å². The number of carbonyl (C=O) groups is 2. The molecular formula is C55H105NO5. The van der Waals surface area contributed by atoms with Crippen molar-refractivity contribution >= 4 is 11.9 Å². The first kappa shape index (κ1) is 59.3. The topological polar surface area (TPSA) is 95.9 Å². The van der Waals surface area contributed by atoms with Crippen LogP contribution in [0.2, 0.25) is 0 Å². The summed E-state index contributed by atoms with van der Waals surface area (Å²) in [5.74, 6) is -0.472. The van der Waals surface area contributed by atoms with Crippen LogP contribution in [0.3, 0.4) is 0 Å². The van der Waals surface area contributed by atoms with Crippen LogP contribution < -0.4 is 5.32 Å². The Hall–Kier alpha value is -1.66. The zero-order valence-electron chi connectivity index (χ0n) is 41.1. The van der Waals surface area contributed by atoms with Crippen molar-refractivity contribution in [2.75, 3.05) is 6.61 Å². The molecule has 360 valence electrons. The van der Waals surface area contributed by atoms with Gasteiger partial charge in [0, 0.05) is 6.42 Å². The number of esters is 1. The summed E-state index contributed by atoms with van der Waals surface area (Å²) in [6.45, 7) is 6.47. The van der Waals surface area contributed by atoms with E-state index >= 15 is 0 Å². The van der Waals surface area contributed by atoms with Crippen LogP contribution in [0.4, 0.5) is 0 Å². The Morgan fingerprint density at radius 2 is 0.836 bits per heavy atom. The highest BCUT2D eigenvalue weighted by Crippen LogP contribution is 2.18. The number of carbonyl (C=O) groups excluding carboxylic acids is 2. The second-order valence-electron chi connectivity index (χ2n) is 18.6. The highest BCUT2D eigenvalue weighted by atomic mass is 16.5. The second-order valence-corrected chi connectivity index (χ2v) is 18.6. The third kappa shape index (κ3) is 44.7. The van der Waals surface area contributed by atoms with Crippen molar-refractivity contribution in [2.24, 2.45) is 0 Å². The van der Waals surface area contributed by atoms with Gasteiger partial charge in [-0.1, -0.05) is 244 Å². The van der Waals surface area contributed by atoms with Gasteiger partial charge in [-0.3, -0.25) is 9.59 Å². The lowest BCUT2D eigenvalue weighted by atomic mass is 10.0. The molecule has 0 radical (unpaired) electrons. The Balaban J connectivity index is 4.54. The van der Waals surface area contributed by atoms with E-state index in [2.05, 4.69) is 50.4 Å². The van der Waals surface area contributed by atoms with Gasteiger partial charge in [-0.25, -0.2) is 0 Å². The Morgan fingerprint density at radius 1 is 0.475 bits per heavy atom. The Labute approximate surface area is 380 Å². The number of rotatable bonds is 49. The fourth-order valence-corrected chi connectivity index (χ4v) is 8.40. The monoisotopic (exact) mass is 860 g/mol. The first-order chi connectivity index (χ1) is 30.0. The molecule has 1 amide bonds. The Kier molecular flexibility index (Phi) is 48.0. The summed E-state index contributed by atoms with van der Waals surface area (Å²) in [7, 11) is 0. The number of nitrogens with one attached hydrogen (secondary N) is 1. The van der Waals surface area contributed by atoms with E-state index < -0.39 is 18.2 Å². The minimum atomic E-state index is -0.787. The molecule has 0 bridgehead atoms. The van der Waals surface area contributed by atoms with Crippen molar-refractivity contribution in [1.82, 2.24) is 5.32 Å². The normalized spacial score (nSPS) is 13.3. The summed E-state index contributed by atoms with van der Waals surface area (Å²) in [6.07, 6.45) is 56.7. The highest BCUT2D eigenvalue weighted by molar-refractivity contribution is 5.77. The Morgan fingerprint density at radius 3 is 1.28 bits per heavy atom. The summed E-state index contributed by atoms with van der Waals surface area (Å²) in [6, 6.07) is -0.701. The largest absolute Gasteiger partial charge is 0.462 e. The number of unbranched alkanes of at least 4 members (excludes halogenated alkanes) is 33. The maximum atomic E-state index is 13.2. The predicted molar refractivity (Wildman–Crippen MR) is 264 cm³/mol. The van der Waals surface area contributed by atoms with E-state index in [1.165, 1.54) is 173 Å². The standard InChI is InChI=1S/C55H105NO5/c1-4-7-10-13-16-19-22-24-26-27-29-31-33-36-39-42-45-48-55(60)61-51(46-43-40-37-34-32-30-28-25-23-20-17-14-11-8-5-2)49-54(59)56-52(50-57)53(58)47-44-41-38-35-21-18-15-12-9-6-3/h17,20,25,28,51-53,57-58H,4-16,18-19,21-24,26-27,29-50H2,1-3H3,(H,56,59)/b20-17-,28-25-. The molecule has 6 heteroatoms. The van der Waals surface area contributed by atoms with E-state index in [-0.39, 0.29) is 24.9 Å². The molecule has 0 aromatic rings. The van der Waals surface area contributed by atoms with Crippen LogP contribution in [0.25, 0.3) is 0 Å². The number of allylic oxidation sites excluding steroid dienone is 4. The third-order valence-electron chi connectivity index (χ3n) is 12.5. The number of hydrogen-bond acceptors (Lipinski definition) is 5. The smallest absolute Gasteiger partial charge is 0.306 e. The van der Waals surface area contributed by atoms with Crippen LogP contribution in [0, 0.1) is 0 Å². The molecular weight excluding hydrogens is 755 g/mol. The molecule has 61 heavy (non-hydrogen) atoms. The number of aliphatic hydroxyl groups excluding tert-OH is 2. The quantitative estimate of drug-likeness (QED) is 0.0322. The summed E-state index contributed by atoms with van der Waals surface area (Å²) >= 11 is 0. The highest BCUT2D eigenvalue weighted by Gasteiger charge is 2.24. The molecule has 3 atom stereocenters. The zero-order chi connectivity index (χ0) is 44.5. The number of aliphatic hydroxyl groups is 2. The molecule has 0 aromatic carbocycles. The molecule has 0 saturated carbocycles. The van der Waals surface area contributed by atoms with E-state index in [4.69, 9.17) is 4.74 Å². The van der Waals surface area contributed by atoms with Crippen molar-refractivity contribution < 1.29 is 24.5 Å². The summed E-state index contributed by atoms with van der Waals surface area (Å²) in [4.78, 5) is 26.2. The SMILES string of the molecule is CCCCC/C=C\C/C=C\CCCCCCCC(CC(=O)NC(CO)C(O)CCCCCCCCCCCC)OC(=O)CCCCCCCCCCCCCCCCCCC. The van der Waals surface area contributed by atoms with Gasteiger partial charge < -0.3 is 20.3 Å². The Bertz CT molecular complexity index is 966. The number of amides is 1. The van der Waals surface area contributed by atoms with Gasteiger partial charge >= 0.3 is 5.97 Å². The van der Waals surface area contributed by atoms with Crippen molar-refractivity contribution in [3.63, 3.8) is 0 Å². The van der Waals surface area contributed by atoms with E-state index in [0.29, 0.717) is 19.3 Å². The average Bonchev–Trinajstić information content (AvgIpc) is 3.25. The third-order valence-corrected chi connectivity index (χ3v) is 12.5. The molecule has 0 rings (SSSR count). The van der Waals surface area contributed by atoms with Crippen LogP contribution in [0.1, 0.15) is 290 Å². The van der Waals surface area contributed by atoms with Gasteiger partial charge in [-0.2, -0.15) is 0 Å². The van der Waals surface area contributed by atoms with Crippen LogP contribution in [0.15, 0.2) is 24.3 Å². The van der Waals surface area contributed by atoms with Crippen LogP contribution in [-0.4, -0.2) is 46.9 Å². The first-order valence-corrected chi connectivity index (χ1v) is 27.1. The lowest BCUT2D eigenvalue weighted by Crippen LogP contribution is -2.46. The molecule has 0 saturated heterocycles.